The van der Waals surface area contributed by atoms with Crippen LogP contribution in [0, 0.1) is 5.92 Å². The summed E-state index contributed by atoms with van der Waals surface area (Å²) in [5.74, 6) is 0.0728. The Bertz CT molecular complexity index is 575. The molecule has 1 unspecified atom stereocenters. The first-order valence-electron chi connectivity index (χ1n) is 6.46. The molecule has 19 heavy (non-hydrogen) atoms. The summed E-state index contributed by atoms with van der Waals surface area (Å²) >= 11 is 0. The molecule has 0 fully saturated rings. The standard InChI is InChI=1S/C15H19N3O/c1-10(2)9-18-14(15(16)19)12-7-3-5-11-6-4-8-17-13(11)12/h3-8,10,14,18H,9H2,1-2H3,(H2,16,19). The van der Waals surface area contributed by atoms with E-state index in [0.717, 1.165) is 23.0 Å². The van der Waals surface area contributed by atoms with Gasteiger partial charge in [0.15, 0.2) is 0 Å². The lowest BCUT2D eigenvalue weighted by Gasteiger charge is -2.18. The number of aromatic nitrogens is 1. The third-order valence-corrected chi connectivity index (χ3v) is 2.99. The molecule has 1 heterocycles. The zero-order valence-corrected chi connectivity index (χ0v) is 11.3. The highest BCUT2D eigenvalue weighted by atomic mass is 16.1. The van der Waals surface area contributed by atoms with E-state index in [4.69, 9.17) is 5.73 Å². The lowest BCUT2D eigenvalue weighted by Crippen LogP contribution is -2.35. The molecular formula is C15H19N3O. The van der Waals surface area contributed by atoms with Crippen molar-refractivity contribution in [3.05, 3.63) is 42.1 Å². The van der Waals surface area contributed by atoms with E-state index >= 15 is 0 Å². The summed E-state index contributed by atoms with van der Waals surface area (Å²) in [4.78, 5) is 16.1. The van der Waals surface area contributed by atoms with E-state index in [0.29, 0.717) is 5.92 Å². The van der Waals surface area contributed by atoms with Gasteiger partial charge >= 0.3 is 0 Å². The number of nitrogens with two attached hydrogens (primary N) is 1. The minimum atomic E-state index is -0.499. The second-order valence-electron chi connectivity index (χ2n) is 5.06. The third-order valence-electron chi connectivity index (χ3n) is 2.99. The third kappa shape index (κ3) is 3.09. The molecule has 1 aromatic heterocycles. The van der Waals surface area contributed by atoms with E-state index in [1.54, 1.807) is 6.20 Å². The van der Waals surface area contributed by atoms with Crippen molar-refractivity contribution in [1.29, 1.82) is 0 Å². The summed E-state index contributed by atoms with van der Waals surface area (Å²) in [5, 5.41) is 4.22. The molecule has 0 spiro atoms. The van der Waals surface area contributed by atoms with Gasteiger partial charge in [-0.2, -0.15) is 0 Å². The topological polar surface area (TPSA) is 68.0 Å². The summed E-state index contributed by atoms with van der Waals surface area (Å²) < 4.78 is 0. The van der Waals surface area contributed by atoms with Gasteiger partial charge in [-0.1, -0.05) is 38.1 Å². The fraction of sp³-hybridized carbons (Fsp3) is 0.333. The molecule has 0 aliphatic carbocycles. The van der Waals surface area contributed by atoms with Crippen LogP contribution in [0.1, 0.15) is 25.5 Å². The molecule has 0 aliphatic heterocycles. The Hall–Kier alpha value is -1.94. The van der Waals surface area contributed by atoms with Gasteiger partial charge in [-0.05, 0) is 18.5 Å². The van der Waals surface area contributed by atoms with E-state index in [-0.39, 0.29) is 5.91 Å². The normalized spacial score (nSPS) is 12.8. The van der Waals surface area contributed by atoms with Crippen LogP contribution < -0.4 is 11.1 Å². The molecule has 2 rings (SSSR count). The second-order valence-corrected chi connectivity index (χ2v) is 5.06. The van der Waals surface area contributed by atoms with Gasteiger partial charge in [0.05, 0.1) is 5.52 Å². The molecule has 1 amide bonds. The monoisotopic (exact) mass is 257 g/mol. The molecule has 4 heteroatoms. The minimum absolute atomic E-state index is 0.376. The zero-order valence-electron chi connectivity index (χ0n) is 11.3. The molecule has 0 bridgehead atoms. The maximum Gasteiger partial charge on any atom is 0.239 e. The summed E-state index contributed by atoms with van der Waals surface area (Å²) in [6.45, 7) is 4.91. The van der Waals surface area contributed by atoms with Crippen LogP contribution in [-0.2, 0) is 4.79 Å². The number of fused-ring (bicyclic) bond motifs is 1. The number of nitrogens with one attached hydrogen (secondary N) is 1. The van der Waals surface area contributed by atoms with Crippen molar-refractivity contribution in [2.45, 2.75) is 19.9 Å². The molecule has 1 atom stereocenters. The van der Waals surface area contributed by atoms with Crippen LogP contribution in [0.15, 0.2) is 36.5 Å². The number of carbonyl (C=O) groups excluding carboxylic acids is 1. The molecule has 3 N–H and O–H groups in total. The molecule has 0 radical (unpaired) electrons. The fourth-order valence-electron chi connectivity index (χ4n) is 2.08. The number of hydrogen-bond acceptors (Lipinski definition) is 3. The molecule has 0 saturated carbocycles. The molecule has 100 valence electrons. The Labute approximate surface area is 113 Å². The fourth-order valence-corrected chi connectivity index (χ4v) is 2.08. The number of amides is 1. The summed E-state index contributed by atoms with van der Waals surface area (Å²) in [5.41, 5.74) is 7.18. The van der Waals surface area contributed by atoms with Crippen molar-refractivity contribution < 1.29 is 4.79 Å². The van der Waals surface area contributed by atoms with Crippen LogP contribution in [0.3, 0.4) is 0 Å². The molecular weight excluding hydrogens is 238 g/mol. The van der Waals surface area contributed by atoms with Gasteiger partial charge in [0.25, 0.3) is 0 Å². The predicted molar refractivity (Wildman–Crippen MR) is 76.5 cm³/mol. The number of carbonyl (C=O) groups is 1. The van der Waals surface area contributed by atoms with Crippen molar-refractivity contribution in [1.82, 2.24) is 10.3 Å². The van der Waals surface area contributed by atoms with Gasteiger partial charge in [0.1, 0.15) is 6.04 Å². The molecule has 0 aliphatic rings. The van der Waals surface area contributed by atoms with Crippen molar-refractivity contribution in [2.24, 2.45) is 11.7 Å². The van der Waals surface area contributed by atoms with Crippen LogP contribution in [0.2, 0.25) is 0 Å². The van der Waals surface area contributed by atoms with Crippen molar-refractivity contribution in [3.63, 3.8) is 0 Å². The summed E-state index contributed by atoms with van der Waals surface area (Å²) in [7, 11) is 0. The Morgan fingerprint density at radius 3 is 2.74 bits per heavy atom. The summed E-state index contributed by atoms with van der Waals surface area (Å²) in [6.07, 6.45) is 1.73. The van der Waals surface area contributed by atoms with Crippen molar-refractivity contribution in [3.8, 4) is 0 Å². The number of hydrogen-bond donors (Lipinski definition) is 2. The van der Waals surface area contributed by atoms with Crippen LogP contribution in [0.5, 0.6) is 0 Å². The second kappa shape index (κ2) is 5.80. The number of benzene rings is 1. The molecule has 2 aromatic rings. The van der Waals surface area contributed by atoms with E-state index in [1.165, 1.54) is 0 Å². The number of nitrogens with zero attached hydrogens (tertiary/aromatic N) is 1. The largest absolute Gasteiger partial charge is 0.368 e. The molecule has 1 aromatic carbocycles. The number of primary amides is 1. The highest BCUT2D eigenvalue weighted by Gasteiger charge is 2.20. The Morgan fingerprint density at radius 2 is 2.05 bits per heavy atom. The SMILES string of the molecule is CC(C)CNC(C(N)=O)c1cccc2cccnc12. The van der Waals surface area contributed by atoms with Crippen LogP contribution in [-0.4, -0.2) is 17.4 Å². The van der Waals surface area contributed by atoms with Gasteiger partial charge in [-0.25, -0.2) is 0 Å². The van der Waals surface area contributed by atoms with Gasteiger partial charge in [-0.15, -0.1) is 0 Å². The van der Waals surface area contributed by atoms with E-state index < -0.39 is 6.04 Å². The van der Waals surface area contributed by atoms with E-state index in [1.807, 2.05) is 30.3 Å². The van der Waals surface area contributed by atoms with E-state index in [9.17, 15) is 4.79 Å². The Morgan fingerprint density at radius 1 is 1.32 bits per heavy atom. The number of rotatable bonds is 5. The van der Waals surface area contributed by atoms with E-state index in [2.05, 4.69) is 24.1 Å². The summed E-state index contributed by atoms with van der Waals surface area (Å²) in [6, 6.07) is 9.16. The first-order valence-corrected chi connectivity index (χ1v) is 6.46. The molecule has 4 nitrogen and oxygen atoms in total. The van der Waals surface area contributed by atoms with Crippen LogP contribution in [0.25, 0.3) is 10.9 Å². The quantitative estimate of drug-likeness (QED) is 0.861. The maximum atomic E-state index is 11.7. The van der Waals surface area contributed by atoms with Crippen molar-refractivity contribution >= 4 is 16.8 Å². The minimum Gasteiger partial charge on any atom is -0.368 e. The average molecular weight is 257 g/mol. The number of pyridine rings is 1. The highest BCUT2D eigenvalue weighted by Crippen LogP contribution is 2.22. The van der Waals surface area contributed by atoms with Gasteiger partial charge in [0.2, 0.25) is 5.91 Å². The lowest BCUT2D eigenvalue weighted by atomic mass is 10.0. The lowest BCUT2D eigenvalue weighted by molar-refractivity contribution is -0.120. The Balaban J connectivity index is 2.41. The van der Waals surface area contributed by atoms with Gasteiger partial charge in [0, 0.05) is 17.1 Å². The van der Waals surface area contributed by atoms with Gasteiger partial charge < -0.3 is 11.1 Å². The number of para-hydroxylation sites is 1. The zero-order chi connectivity index (χ0) is 13.8. The average Bonchev–Trinajstić information content (AvgIpc) is 2.38. The van der Waals surface area contributed by atoms with Crippen molar-refractivity contribution in [2.75, 3.05) is 6.54 Å². The Kier molecular flexibility index (Phi) is 4.12. The smallest absolute Gasteiger partial charge is 0.239 e. The highest BCUT2D eigenvalue weighted by molar-refractivity contribution is 5.89. The van der Waals surface area contributed by atoms with Crippen LogP contribution in [0.4, 0.5) is 0 Å². The molecule has 0 saturated heterocycles. The van der Waals surface area contributed by atoms with Gasteiger partial charge in [-0.3, -0.25) is 9.78 Å². The predicted octanol–water partition coefficient (Wildman–Crippen LogP) is 2.01. The first-order chi connectivity index (χ1) is 9.09. The van der Waals surface area contributed by atoms with Crippen LogP contribution >= 0.6 is 0 Å². The first kappa shape index (κ1) is 13.5. The maximum absolute atomic E-state index is 11.7.